The fourth-order valence-electron chi connectivity index (χ4n) is 5.35. The van der Waals surface area contributed by atoms with E-state index in [2.05, 4.69) is 0 Å². The number of nitrogens with zero attached hydrogens (tertiary/aromatic N) is 3. The first-order chi connectivity index (χ1) is 18.4. The van der Waals surface area contributed by atoms with Gasteiger partial charge in [0.15, 0.2) is 0 Å². The van der Waals surface area contributed by atoms with E-state index >= 15 is 0 Å². The largest absolute Gasteiger partial charge is 0.376 e. The topological polar surface area (TPSA) is 105 Å². The van der Waals surface area contributed by atoms with Gasteiger partial charge in [0, 0.05) is 19.5 Å². The van der Waals surface area contributed by atoms with Crippen LogP contribution in [0.1, 0.15) is 52.2 Å². The SMILES string of the molecule is CC(C)(C(N)=O)[C@H](COCc1ccccc1)C(=O)N1CCC2=NN(C(C)(C)C)C(=O)[C@]2(Cc2ccccc2)C1. The van der Waals surface area contributed by atoms with Gasteiger partial charge in [0.1, 0.15) is 5.41 Å². The number of hydrazone groups is 1. The summed E-state index contributed by atoms with van der Waals surface area (Å²) in [5, 5.41) is 6.37. The number of hydrogen-bond donors (Lipinski definition) is 1. The standard InChI is InChI=1S/C31H40N4O4/c1-29(2,3)35-28(38)31(18-22-12-8-6-9-13-22)21-34(17-16-25(31)33-35)26(36)24(30(4,5)27(32)37)20-39-19-23-14-10-7-11-15-23/h6-15,24H,16-21H2,1-5H3,(H2,32,37)/t24-,31-/m1/s1. The van der Waals surface area contributed by atoms with Crippen LogP contribution in [-0.4, -0.2) is 58.6 Å². The van der Waals surface area contributed by atoms with Gasteiger partial charge in [-0.1, -0.05) is 74.5 Å². The summed E-state index contributed by atoms with van der Waals surface area (Å²) >= 11 is 0. The van der Waals surface area contributed by atoms with Crippen LogP contribution in [0.4, 0.5) is 0 Å². The van der Waals surface area contributed by atoms with Crippen LogP contribution in [0.5, 0.6) is 0 Å². The molecule has 1 fully saturated rings. The number of benzene rings is 2. The fraction of sp³-hybridized carbons (Fsp3) is 0.484. The molecule has 0 aromatic heterocycles. The highest BCUT2D eigenvalue weighted by Gasteiger charge is 2.57. The molecular formula is C31H40N4O4. The Morgan fingerprint density at radius 2 is 1.59 bits per heavy atom. The predicted octanol–water partition coefficient (Wildman–Crippen LogP) is 3.79. The van der Waals surface area contributed by atoms with Gasteiger partial charge in [-0.25, -0.2) is 5.01 Å². The Hall–Kier alpha value is -3.52. The maximum Gasteiger partial charge on any atom is 0.257 e. The first kappa shape index (κ1) is 28.5. The zero-order valence-electron chi connectivity index (χ0n) is 23.6. The Balaban J connectivity index is 1.62. The number of ether oxygens (including phenoxy) is 1. The van der Waals surface area contributed by atoms with Crippen LogP contribution in [0.15, 0.2) is 65.8 Å². The number of primary amides is 1. The van der Waals surface area contributed by atoms with Crippen LogP contribution in [0.2, 0.25) is 0 Å². The van der Waals surface area contributed by atoms with Crippen molar-refractivity contribution < 1.29 is 19.1 Å². The van der Waals surface area contributed by atoms with Gasteiger partial charge in [-0.05, 0) is 38.3 Å². The van der Waals surface area contributed by atoms with Crippen LogP contribution >= 0.6 is 0 Å². The first-order valence-corrected chi connectivity index (χ1v) is 13.5. The number of carbonyl (C=O) groups excluding carboxylic acids is 3. The van der Waals surface area contributed by atoms with Gasteiger partial charge in [0.2, 0.25) is 11.8 Å². The zero-order chi connectivity index (χ0) is 28.4. The molecule has 3 amide bonds. The molecule has 2 aliphatic heterocycles. The van der Waals surface area contributed by atoms with Crippen molar-refractivity contribution in [3.63, 3.8) is 0 Å². The maximum atomic E-state index is 14.1. The molecule has 8 heteroatoms. The predicted molar refractivity (Wildman–Crippen MR) is 150 cm³/mol. The number of nitrogens with two attached hydrogens (primary N) is 1. The van der Waals surface area contributed by atoms with Gasteiger partial charge in [-0.3, -0.25) is 14.4 Å². The van der Waals surface area contributed by atoms with Gasteiger partial charge in [0.25, 0.3) is 5.91 Å². The van der Waals surface area contributed by atoms with Gasteiger partial charge >= 0.3 is 0 Å². The Kier molecular flexibility index (Phi) is 7.98. The van der Waals surface area contributed by atoms with Crippen molar-refractivity contribution in [1.29, 1.82) is 0 Å². The van der Waals surface area contributed by atoms with Crippen molar-refractivity contribution in [3.8, 4) is 0 Å². The molecule has 2 heterocycles. The number of rotatable bonds is 9. The van der Waals surface area contributed by atoms with Gasteiger partial charge < -0.3 is 15.4 Å². The number of amides is 3. The average Bonchev–Trinajstić information content (AvgIpc) is 3.19. The van der Waals surface area contributed by atoms with Crippen molar-refractivity contribution in [2.24, 2.45) is 27.6 Å². The summed E-state index contributed by atoms with van der Waals surface area (Å²) in [5.41, 5.74) is 5.95. The normalized spacial score (nSPS) is 20.4. The maximum absolute atomic E-state index is 14.1. The van der Waals surface area contributed by atoms with E-state index in [1.165, 1.54) is 0 Å². The molecule has 4 rings (SSSR count). The van der Waals surface area contributed by atoms with Crippen LogP contribution < -0.4 is 5.73 Å². The van der Waals surface area contributed by atoms with Crippen molar-refractivity contribution in [2.45, 2.75) is 59.6 Å². The summed E-state index contributed by atoms with van der Waals surface area (Å²) in [5.74, 6) is -1.71. The third-order valence-corrected chi connectivity index (χ3v) is 7.95. The molecule has 0 aliphatic carbocycles. The average molecular weight is 533 g/mol. The number of likely N-dealkylation sites (tertiary alicyclic amines) is 1. The minimum Gasteiger partial charge on any atom is -0.376 e. The summed E-state index contributed by atoms with van der Waals surface area (Å²) in [7, 11) is 0. The van der Waals surface area contributed by atoms with E-state index in [0.29, 0.717) is 26.0 Å². The Morgan fingerprint density at radius 3 is 2.15 bits per heavy atom. The molecule has 0 unspecified atom stereocenters. The smallest absolute Gasteiger partial charge is 0.257 e. The molecule has 2 aliphatic rings. The lowest BCUT2D eigenvalue weighted by molar-refractivity contribution is -0.152. The molecule has 39 heavy (non-hydrogen) atoms. The second kappa shape index (κ2) is 10.9. The molecule has 8 nitrogen and oxygen atoms in total. The molecule has 2 aromatic carbocycles. The lowest BCUT2D eigenvalue weighted by Gasteiger charge is -2.43. The van der Waals surface area contributed by atoms with Crippen LogP contribution in [0, 0.1) is 16.7 Å². The van der Waals surface area contributed by atoms with Crippen molar-refractivity contribution in [2.75, 3.05) is 19.7 Å². The van der Waals surface area contributed by atoms with E-state index < -0.39 is 28.2 Å². The second-order valence-corrected chi connectivity index (χ2v) is 12.2. The number of fused-ring (bicyclic) bond motifs is 1. The number of piperidine rings is 1. The first-order valence-electron chi connectivity index (χ1n) is 13.5. The molecular weight excluding hydrogens is 492 g/mol. The van der Waals surface area contributed by atoms with E-state index in [0.717, 1.165) is 16.8 Å². The van der Waals surface area contributed by atoms with Gasteiger partial charge in [-0.15, -0.1) is 0 Å². The minimum absolute atomic E-state index is 0.0366. The molecule has 2 aromatic rings. The minimum atomic E-state index is -1.15. The highest BCUT2D eigenvalue weighted by molar-refractivity contribution is 6.14. The van der Waals surface area contributed by atoms with E-state index in [1.54, 1.807) is 23.8 Å². The Bertz CT molecular complexity index is 1240. The van der Waals surface area contributed by atoms with Crippen LogP contribution in [0.25, 0.3) is 0 Å². The Morgan fingerprint density at radius 1 is 1.00 bits per heavy atom. The van der Waals surface area contributed by atoms with Crippen LogP contribution in [-0.2, 0) is 32.1 Å². The van der Waals surface area contributed by atoms with E-state index in [9.17, 15) is 14.4 Å². The van der Waals surface area contributed by atoms with Crippen molar-refractivity contribution in [3.05, 3.63) is 71.8 Å². The summed E-state index contributed by atoms with van der Waals surface area (Å²) in [4.78, 5) is 42.4. The van der Waals surface area contributed by atoms with Gasteiger partial charge in [0.05, 0.1) is 35.8 Å². The van der Waals surface area contributed by atoms with E-state index in [1.807, 2.05) is 81.4 Å². The molecule has 208 valence electrons. The van der Waals surface area contributed by atoms with Gasteiger partial charge in [-0.2, -0.15) is 5.10 Å². The summed E-state index contributed by atoms with van der Waals surface area (Å²) in [6, 6.07) is 19.5. The summed E-state index contributed by atoms with van der Waals surface area (Å²) < 4.78 is 5.97. The molecule has 0 bridgehead atoms. The van der Waals surface area contributed by atoms with Crippen LogP contribution in [0.3, 0.4) is 0 Å². The molecule has 0 radical (unpaired) electrons. The third kappa shape index (κ3) is 5.76. The molecule has 2 atom stereocenters. The summed E-state index contributed by atoms with van der Waals surface area (Å²) in [6.45, 7) is 10.2. The summed E-state index contributed by atoms with van der Waals surface area (Å²) in [6.07, 6.45) is 0.918. The van der Waals surface area contributed by atoms with Crippen molar-refractivity contribution in [1.82, 2.24) is 9.91 Å². The molecule has 1 saturated heterocycles. The Labute approximate surface area is 231 Å². The fourth-order valence-corrected chi connectivity index (χ4v) is 5.35. The zero-order valence-corrected chi connectivity index (χ0v) is 23.6. The highest BCUT2D eigenvalue weighted by atomic mass is 16.5. The van der Waals surface area contributed by atoms with Crippen molar-refractivity contribution >= 4 is 23.4 Å². The lowest BCUT2D eigenvalue weighted by Crippen LogP contribution is -2.59. The monoisotopic (exact) mass is 532 g/mol. The number of carbonyl (C=O) groups is 3. The highest BCUT2D eigenvalue weighted by Crippen LogP contribution is 2.42. The molecule has 0 saturated carbocycles. The molecule has 0 spiro atoms. The second-order valence-electron chi connectivity index (χ2n) is 12.2. The number of hydrogen-bond acceptors (Lipinski definition) is 5. The van der Waals surface area contributed by atoms with E-state index in [-0.39, 0.29) is 25.0 Å². The van der Waals surface area contributed by atoms with E-state index in [4.69, 9.17) is 15.6 Å². The lowest BCUT2D eigenvalue weighted by atomic mass is 9.72. The quantitative estimate of drug-likeness (QED) is 0.530. The third-order valence-electron chi connectivity index (χ3n) is 7.95. The molecule has 2 N–H and O–H groups in total.